The summed E-state index contributed by atoms with van der Waals surface area (Å²) in [6, 6.07) is 1.75. The van der Waals surface area contributed by atoms with Crippen LogP contribution in [0.15, 0.2) is 0 Å². The number of carbonyl (C=O) groups is 1. The molecule has 80 valence electrons. The number of nitrogens with one attached hydrogen (secondary N) is 1. The highest BCUT2D eigenvalue weighted by atomic mass is 16.3. The number of amides is 1. The van der Waals surface area contributed by atoms with Crippen molar-refractivity contribution in [3.05, 3.63) is 0 Å². The average molecular weight is 198 g/mol. The first kappa shape index (κ1) is 12.9. The summed E-state index contributed by atoms with van der Waals surface area (Å²) in [5.74, 6) is -0.286. The van der Waals surface area contributed by atoms with Crippen LogP contribution in [-0.4, -0.2) is 23.7 Å². The van der Waals surface area contributed by atoms with E-state index in [-0.39, 0.29) is 18.6 Å². The maximum atomic E-state index is 11.7. The van der Waals surface area contributed by atoms with Crippen LogP contribution < -0.4 is 5.32 Å². The van der Waals surface area contributed by atoms with Gasteiger partial charge in [-0.15, -0.1) is 0 Å². The fraction of sp³-hybridized carbons (Fsp3) is 0.800. The van der Waals surface area contributed by atoms with E-state index in [9.17, 15) is 4.79 Å². The van der Waals surface area contributed by atoms with E-state index in [4.69, 9.17) is 10.4 Å². The van der Waals surface area contributed by atoms with Crippen molar-refractivity contribution in [2.45, 2.75) is 39.7 Å². The third-order valence-corrected chi connectivity index (χ3v) is 2.51. The lowest BCUT2D eigenvalue weighted by Crippen LogP contribution is -2.44. The lowest BCUT2D eigenvalue weighted by atomic mass is 9.83. The van der Waals surface area contributed by atoms with Crippen LogP contribution in [-0.2, 0) is 4.79 Å². The Bertz CT molecular complexity index is 229. The van der Waals surface area contributed by atoms with E-state index in [1.807, 2.05) is 13.8 Å². The van der Waals surface area contributed by atoms with Gasteiger partial charge in [0.25, 0.3) is 0 Å². The lowest BCUT2D eigenvalue weighted by Gasteiger charge is -2.24. The van der Waals surface area contributed by atoms with Gasteiger partial charge in [-0.25, -0.2) is 0 Å². The quantitative estimate of drug-likeness (QED) is 0.686. The second-order valence-corrected chi connectivity index (χ2v) is 3.46. The van der Waals surface area contributed by atoms with Gasteiger partial charge in [0.05, 0.1) is 12.7 Å². The van der Waals surface area contributed by atoms with E-state index >= 15 is 0 Å². The molecule has 14 heavy (non-hydrogen) atoms. The number of hydrogen-bond donors (Lipinski definition) is 2. The van der Waals surface area contributed by atoms with E-state index < -0.39 is 5.41 Å². The molecular weight excluding hydrogens is 180 g/mol. The van der Waals surface area contributed by atoms with Gasteiger partial charge >= 0.3 is 0 Å². The molecule has 0 rings (SSSR count). The molecule has 0 aromatic heterocycles. The highest BCUT2D eigenvalue weighted by molar-refractivity contribution is 5.85. The second kappa shape index (κ2) is 5.61. The molecule has 0 aliphatic heterocycles. The van der Waals surface area contributed by atoms with E-state index in [2.05, 4.69) is 11.4 Å². The third kappa shape index (κ3) is 2.71. The zero-order valence-electron chi connectivity index (χ0n) is 9.00. The Morgan fingerprint density at radius 2 is 2.07 bits per heavy atom. The summed E-state index contributed by atoms with van der Waals surface area (Å²) in [5.41, 5.74) is -0.941. The van der Waals surface area contributed by atoms with Crippen LogP contribution in [0, 0.1) is 16.7 Å². The van der Waals surface area contributed by atoms with Crippen LogP contribution in [0.4, 0.5) is 0 Å². The highest BCUT2D eigenvalue weighted by Gasteiger charge is 2.35. The molecule has 0 fully saturated rings. The Kier molecular flexibility index (Phi) is 5.18. The first-order chi connectivity index (χ1) is 6.56. The average Bonchev–Trinajstić information content (AvgIpc) is 2.21. The SMILES string of the molecule is CCC(C#N)(CC)C(=O)N[C@@H](C)CO. The maximum Gasteiger partial charge on any atom is 0.240 e. The van der Waals surface area contributed by atoms with Gasteiger partial charge in [-0.2, -0.15) is 5.26 Å². The van der Waals surface area contributed by atoms with Crippen LogP contribution >= 0.6 is 0 Å². The van der Waals surface area contributed by atoms with Gasteiger partial charge < -0.3 is 10.4 Å². The van der Waals surface area contributed by atoms with Gasteiger partial charge in [0.1, 0.15) is 5.41 Å². The van der Waals surface area contributed by atoms with Crippen molar-refractivity contribution in [1.82, 2.24) is 5.32 Å². The van der Waals surface area contributed by atoms with Gasteiger partial charge in [-0.1, -0.05) is 13.8 Å². The third-order valence-electron chi connectivity index (χ3n) is 2.51. The molecule has 0 aromatic rings. The van der Waals surface area contributed by atoms with Crippen LogP contribution in [0.2, 0.25) is 0 Å². The maximum absolute atomic E-state index is 11.7. The number of aliphatic hydroxyl groups is 1. The molecule has 1 amide bonds. The lowest BCUT2D eigenvalue weighted by molar-refractivity contribution is -0.129. The number of nitrogens with zero attached hydrogens (tertiary/aromatic N) is 1. The fourth-order valence-electron chi connectivity index (χ4n) is 1.19. The van der Waals surface area contributed by atoms with Gasteiger partial charge in [-0.05, 0) is 19.8 Å². The molecule has 0 aliphatic rings. The molecule has 0 spiro atoms. The fourth-order valence-corrected chi connectivity index (χ4v) is 1.19. The number of nitriles is 1. The van der Waals surface area contributed by atoms with Crippen LogP contribution in [0.3, 0.4) is 0 Å². The standard InChI is InChI=1S/C10H18N2O2/c1-4-10(5-2,7-11)9(14)12-8(3)6-13/h8,13H,4-6H2,1-3H3,(H,12,14)/t8-/m0/s1. The molecule has 2 N–H and O–H groups in total. The minimum Gasteiger partial charge on any atom is -0.394 e. The minimum atomic E-state index is -0.941. The molecule has 0 saturated carbocycles. The molecule has 0 heterocycles. The van der Waals surface area contributed by atoms with E-state index in [0.717, 1.165) is 0 Å². The molecule has 0 unspecified atom stereocenters. The molecule has 1 atom stereocenters. The van der Waals surface area contributed by atoms with Crippen LogP contribution in [0.25, 0.3) is 0 Å². The zero-order valence-corrected chi connectivity index (χ0v) is 9.00. The predicted molar refractivity (Wildman–Crippen MR) is 53.3 cm³/mol. The smallest absolute Gasteiger partial charge is 0.240 e. The Balaban J connectivity index is 4.55. The van der Waals surface area contributed by atoms with Gasteiger partial charge in [0, 0.05) is 6.04 Å². The topological polar surface area (TPSA) is 73.1 Å². The zero-order chi connectivity index (χ0) is 11.2. The van der Waals surface area contributed by atoms with Crippen molar-refractivity contribution in [3.63, 3.8) is 0 Å². The van der Waals surface area contributed by atoms with Crippen molar-refractivity contribution < 1.29 is 9.90 Å². The normalized spacial score (nSPS) is 13.1. The molecule has 0 aromatic carbocycles. The van der Waals surface area contributed by atoms with Crippen LogP contribution in [0.1, 0.15) is 33.6 Å². The van der Waals surface area contributed by atoms with Crippen molar-refractivity contribution in [1.29, 1.82) is 5.26 Å². The van der Waals surface area contributed by atoms with Crippen molar-refractivity contribution >= 4 is 5.91 Å². The predicted octanol–water partition coefficient (Wildman–Crippen LogP) is 0.813. The largest absolute Gasteiger partial charge is 0.394 e. The Hall–Kier alpha value is -1.08. The molecule has 0 radical (unpaired) electrons. The first-order valence-corrected chi connectivity index (χ1v) is 4.89. The number of hydrogen-bond acceptors (Lipinski definition) is 3. The number of aliphatic hydroxyl groups excluding tert-OH is 1. The van der Waals surface area contributed by atoms with Gasteiger partial charge in [-0.3, -0.25) is 4.79 Å². The summed E-state index contributed by atoms with van der Waals surface area (Å²) < 4.78 is 0. The molecular formula is C10H18N2O2. The Morgan fingerprint density at radius 3 is 2.36 bits per heavy atom. The Labute approximate surface area is 84.9 Å². The summed E-state index contributed by atoms with van der Waals surface area (Å²) in [6.07, 6.45) is 0.980. The summed E-state index contributed by atoms with van der Waals surface area (Å²) in [4.78, 5) is 11.7. The molecule has 0 saturated heterocycles. The van der Waals surface area contributed by atoms with E-state index in [1.54, 1.807) is 6.92 Å². The number of rotatable bonds is 5. The number of carbonyl (C=O) groups excluding carboxylic acids is 1. The van der Waals surface area contributed by atoms with Crippen molar-refractivity contribution in [2.24, 2.45) is 5.41 Å². The van der Waals surface area contributed by atoms with E-state index in [1.165, 1.54) is 0 Å². The van der Waals surface area contributed by atoms with Gasteiger partial charge in [0.15, 0.2) is 0 Å². The highest BCUT2D eigenvalue weighted by Crippen LogP contribution is 2.25. The van der Waals surface area contributed by atoms with Gasteiger partial charge in [0.2, 0.25) is 5.91 Å². The summed E-state index contributed by atoms with van der Waals surface area (Å²) in [6.45, 7) is 5.22. The summed E-state index contributed by atoms with van der Waals surface area (Å²) >= 11 is 0. The summed E-state index contributed by atoms with van der Waals surface area (Å²) in [5, 5.41) is 20.3. The molecule has 0 bridgehead atoms. The van der Waals surface area contributed by atoms with Crippen LogP contribution in [0.5, 0.6) is 0 Å². The monoisotopic (exact) mass is 198 g/mol. The van der Waals surface area contributed by atoms with Crippen molar-refractivity contribution in [2.75, 3.05) is 6.61 Å². The summed E-state index contributed by atoms with van der Waals surface area (Å²) in [7, 11) is 0. The molecule has 0 aliphatic carbocycles. The second-order valence-electron chi connectivity index (χ2n) is 3.46. The first-order valence-electron chi connectivity index (χ1n) is 4.89. The Morgan fingerprint density at radius 1 is 1.57 bits per heavy atom. The molecule has 4 heteroatoms. The minimum absolute atomic E-state index is 0.110. The van der Waals surface area contributed by atoms with Crippen molar-refractivity contribution in [3.8, 4) is 6.07 Å². The molecule has 4 nitrogen and oxygen atoms in total. The van der Waals surface area contributed by atoms with E-state index in [0.29, 0.717) is 12.8 Å².